The molecule has 4 nitrogen and oxygen atoms in total. The number of rotatable bonds is 7. The fourth-order valence-electron chi connectivity index (χ4n) is 1.90. The maximum absolute atomic E-state index is 12.0. The number of hydrogen-bond acceptors (Lipinski definition) is 3. The van der Waals surface area contributed by atoms with Gasteiger partial charge in [-0.05, 0) is 43.2 Å². The Labute approximate surface area is 124 Å². The van der Waals surface area contributed by atoms with Crippen molar-refractivity contribution in [3.8, 4) is 0 Å². The first kappa shape index (κ1) is 17.5. The zero-order valence-corrected chi connectivity index (χ0v) is 13.3. The highest BCUT2D eigenvalue weighted by Crippen LogP contribution is 2.28. The highest BCUT2D eigenvalue weighted by Gasteiger charge is 2.27. The molecular formula is C12H19BrF3N3O. The van der Waals surface area contributed by atoms with E-state index in [2.05, 4.69) is 31.1 Å². The largest absolute Gasteiger partial charge is 0.411 e. The highest BCUT2D eigenvalue weighted by molar-refractivity contribution is 9.10. The molecule has 0 saturated heterocycles. The van der Waals surface area contributed by atoms with Crippen LogP contribution >= 0.6 is 15.9 Å². The summed E-state index contributed by atoms with van der Waals surface area (Å²) < 4.78 is 43.4. The summed E-state index contributed by atoms with van der Waals surface area (Å²) in [5.41, 5.74) is 0.915. The summed E-state index contributed by atoms with van der Waals surface area (Å²) in [6.45, 7) is 2.81. The van der Waals surface area contributed by atoms with Gasteiger partial charge in [-0.15, -0.1) is 0 Å². The van der Waals surface area contributed by atoms with E-state index >= 15 is 0 Å². The molecule has 1 N–H and O–H groups in total. The normalized spacial score (nSPS) is 14.0. The van der Waals surface area contributed by atoms with Gasteiger partial charge in [0.15, 0.2) is 0 Å². The monoisotopic (exact) mass is 357 g/mol. The lowest BCUT2D eigenvalue weighted by Gasteiger charge is -2.20. The molecule has 1 aromatic rings. The van der Waals surface area contributed by atoms with Crippen LogP contribution in [0.3, 0.4) is 0 Å². The third kappa shape index (κ3) is 5.06. The van der Waals surface area contributed by atoms with E-state index in [9.17, 15) is 13.2 Å². The van der Waals surface area contributed by atoms with Crippen molar-refractivity contribution in [2.24, 2.45) is 0 Å². The van der Waals surface area contributed by atoms with E-state index < -0.39 is 12.8 Å². The van der Waals surface area contributed by atoms with Crippen LogP contribution in [0.4, 0.5) is 13.2 Å². The van der Waals surface area contributed by atoms with E-state index in [1.165, 1.54) is 0 Å². The second-order valence-corrected chi connectivity index (χ2v) is 5.57. The molecule has 0 aliphatic heterocycles. The van der Waals surface area contributed by atoms with Crippen molar-refractivity contribution < 1.29 is 17.9 Å². The average Bonchev–Trinajstić information content (AvgIpc) is 2.70. The summed E-state index contributed by atoms with van der Waals surface area (Å²) in [5, 5.41) is 7.35. The second kappa shape index (κ2) is 7.42. The predicted octanol–water partition coefficient (Wildman–Crippen LogP) is 3.46. The first-order valence-corrected chi connectivity index (χ1v) is 7.10. The fraction of sp³-hybridized carbons (Fsp3) is 0.750. The number of halogens is 4. The lowest BCUT2D eigenvalue weighted by atomic mass is 10.1. The van der Waals surface area contributed by atoms with Crippen molar-refractivity contribution in [1.29, 1.82) is 0 Å². The summed E-state index contributed by atoms with van der Waals surface area (Å²) in [6.07, 6.45) is -2.16. The number of ether oxygens (including phenoxy) is 1. The molecule has 0 saturated carbocycles. The number of nitrogens with zero attached hydrogens (tertiary/aromatic N) is 2. The van der Waals surface area contributed by atoms with Gasteiger partial charge in [0, 0.05) is 12.6 Å². The van der Waals surface area contributed by atoms with Crippen molar-refractivity contribution in [2.75, 3.05) is 20.3 Å². The van der Waals surface area contributed by atoms with E-state index in [0.717, 1.165) is 10.2 Å². The fourth-order valence-corrected chi connectivity index (χ4v) is 2.44. The lowest BCUT2D eigenvalue weighted by molar-refractivity contribution is -0.174. The molecule has 1 heterocycles. The van der Waals surface area contributed by atoms with Gasteiger partial charge in [-0.2, -0.15) is 18.3 Å². The van der Waals surface area contributed by atoms with Gasteiger partial charge in [-0.3, -0.25) is 4.68 Å². The van der Waals surface area contributed by atoms with Gasteiger partial charge in [0.1, 0.15) is 6.61 Å². The van der Waals surface area contributed by atoms with Crippen molar-refractivity contribution in [2.45, 2.75) is 38.5 Å². The Morgan fingerprint density at radius 3 is 2.60 bits per heavy atom. The van der Waals surface area contributed by atoms with Gasteiger partial charge in [0.25, 0.3) is 0 Å². The lowest BCUT2D eigenvalue weighted by Crippen LogP contribution is -2.24. The van der Waals surface area contributed by atoms with E-state index in [1.54, 1.807) is 13.2 Å². The first-order chi connectivity index (χ1) is 9.26. The molecule has 0 aliphatic carbocycles. The van der Waals surface area contributed by atoms with Crippen LogP contribution in [0.1, 0.15) is 38.0 Å². The molecule has 0 fully saturated rings. The zero-order valence-electron chi connectivity index (χ0n) is 11.7. The summed E-state index contributed by atoms with van der Waals surface area (Å²) in [6, 6.07) is 0.0470. The first-order valence-electron chi connectivity index (χ1n) is 6.31. The Kier molecular flexibility index (Phi) is 6.47. The molecule has 1 atom stereocenters. The van der Waals surface area contributed by atoms with Gasteiger partial charge in [-0.1, -0.05) is 0 Å². The van der Waals surface area contributed by atoms with Gasteiger partial charge in [0.05, 0.1) is 22.4 Å². The Balaban J connectivity index is 2.65. The van der Waals surface area contributed by atoms with Gasteiger partial charge >= 0.3 is 6.18 Å². The van der Waals surface area contributed by atoms with Crippen LogP contribution in [0.2, 0.25) is 0 Å². The summed E-state index contributed by atoms with van der Waals surface area (Å²) >= 11 is 3.42. The summed E-state index contributed by atoms with van der Waals surface area (Å²) in [4.78, 5) is 0. The van der Waals surface area contributed by atoms with Gasteiger partial charge < -0.3 is 10.1 Å². The van der Waals surface area contributed by atoms with E-state index in [0.29, 0.717) is 6.42 Å². The number of hydrogen-bond donors (Lipinski definition) is 1. The Bertz CT molecular complexity index is 421. The topological polar surface area (TPSA) is 39.1 Å². The highest BCUT2D eigenvalue weighted by atomic mass is 79.9. The summed E-state index contributed by atoms with van der Waals surface area (Å²) in [5.74, 6) is 0. The Hall–Kier alpha value is -0.600. The minimum atomic E-state index is -4.28. The number of aromatic nitrogens is 2. The van der Waals surface area contributed by atoms with Crippen molar-refractivity contribution in [3.05, 3.63) is 16.4 Å². The molecule has 1 rings (SSSR count). The molecule has 1 unspecified atom stereocenters. The van der Waals surface area contributed by atoms with E-state index in [4.69, 9.17) is 0 Å². The maximum atomic E-state index is 12.0. The molecular weight excluding hydrogens is 339 g/mol. The molecule has 0 amide bonds. The van der Waals surface area contributed by atoms with Crippen LogP contribution in [0, 0.1) is 0 Å². The Morgan fingerprint density at radius 1 is 1.45 bits per heavy atom. The molecule has 0 aliphatic rings. The average molecular weight is 358 g/mol. The number of alkyl halides is 3. The van der Waals surface area contributed by atoms with Crippen molar-refractivity contribution in [3.63, 3.8) is 0 Å². The second-order valence-electron chi connectivity index (χ2n) is 4.71. The maximum Gasteiger partial charge on any atom is 0.411 e. The van der Waals surface area contributed by atoms with Crippen LogP contribution < -0.4 is 5.32 Å². The van der Waals surface area contributed by atoms with Crippen molar-refractivity contribution >= 4 is 15.9 Å². The standard InChI is InChI=1S/C12H19BrF3N3O/c1-8(2)19-11(9(13)6-18-19)10(17-3)4-5-20-7-12(14,15)16/h6,8,10,17H,4-5,7H2,1-3H3. The molecule has 0 aromatic carbocycles. The van der Waals surface area contributed by atoms with E-state index in [1.807, 2.05) is 18.5 Å². The van der Waals surface area contributed by atoms with Crippen LogP contribution in [0.15, 0.2) is 10.7 Å². The molecule has 8 heteroatoms. The number of nitrogens with one attached hydrogen (secondary N) is 1. The Morgan fingerprint density at radius 2 is 2.10 bits per heavy atom. The predicted molar refractivity (Wildman–Crippen MR) is 73.6 cm³/mol. The van der Waals surface area contributed by atoms with E-state index in [-0.39, 0.29) is 18.7 Å². The van der Waals surface area contributed by atoms with Crippen LogP contribution in [0.25, 0.3) is 0 Å². The SMILES string of the molecule is CNC(CCOCC(F)(F)F)c1c(Br)cnn1C(C)C. The molecule has 0 spiro atoms. The van der Waals surface area contributed by atoms with Crippen molar-refractivity contribution in [1.82, 2.24) is 15.1 Å². The minimum absolute atomic E-state index is 0.0285. The molecule has 1 aromatic heterocycles. The molecule has 0 radical (unpaired) electrons. The molecule has 0 bridgehead atoms. The molecule has 20 heavy (non-hydrogen) atoms. The smallest absolute Gasteiger partial charge is 0.372 e. The quantitative estimate of drug-likeness (QED) is 0.759. The van der Waals surface area contributed by atoms with Crippen LogP contribution in [-0.2, 0) is 4.74 Å². The zero-order chi connectivity index (χ0) is 15.3. The van der Waals surface area contributed by atoms with Gasteiger partial charge in [0.2, 0.25) is 0 Å². The third-order valence-corrected chi connectivity index (χ3v) is 3.38. The van der Waals surface area contributed by atoms with Gasteiger partial charge in [-0.25, -0.2) is 0 Å². The van der Waals surface area contributed by atoms with Crippen LogP contribution in [-0.4, -0.2) is 36.2 Å². The summed E-state index contributed by atoms with van der Waals surface area (Å²) in [7, 11) is 1.76. The minimum Gasteiger partial charge on any atom is -0.372 e. The third-order valence-electron chi connectivity index (χ3n) is 2.77. The molecule has 116 valence electrons. The van der Waals surface area contributed by atoms with Crippen LogP contribution in [0.5, 0.6) is 0 Å².